The van der Waals surface area contributed by atoms with Gasteiger partial charge in [-0.15, -0.1) is 0 Å². The summed E-state index contributed by atoms with van der Waals surface area (Å²) in [5.74, 6) is 0.539. The average molecular weight is 544 g/mol. The van der Waals surface area contributed by atoms with Crippen LogP contribution in [-0.2, 0) is 14.3 Å². The number of rotatable bonds is 6. The Bertz CT molecular complexity index is 1460. The highest BCUT2D eigenvalue weighted by molar-refractivity contribution is 5.95. The van der Waals surface area contributed by atoms with E-state index in [4.69, 9.17) is 19.4 Å². The Hall–Kier alpha value is -4.22. The Morgan fingerprint density at radius 1 is 1.05 bits per heavy atom. The second kappa shape index (κ2) is 11.1. The third-order valence-electron chi connectivity index (χ3n) is 7.18. The Labute approximate surface area is 231 Å². The first kappa shape index (κ1) is 26.0. The molecule has 11 heteroatoms. The predicted octanol–water partition coefficient (Wildman–Crippen LogP) is 4.75. The van der Waals surface area contributed by atoms with Crippen molar-refractivity contribution < 1.29 is 18.7 Å². The number of pyridine rings is 1. The molecule has 0 unspecified atom stereocenters. The number of carbonyl (C=O) groups excluding carboxylic acids is 1. The summed E-state index contributed by atoms with van der Waals surface area (Å²) in [6.07, 6.45) is 7.57. The van der Waals surface area contributed by atoms with Crippen molar-refractivity contribution in [3.8, 4) is 22.6 Å². The van der Waals surface area contributed by atoms with E-state index in [2.05, 4.69) is 25.2 Å². The highest BCUT2D eigenvalue weighted by Crippen LogP contribution is 2.36. The summed E-state index contributed by atoms with van der Waals surface area (Å²) in [5.41, 5.74) is 2.31. The van der Waals surface area contributed by atoms with Crippen LogP contribution in [0.1, 0.15) is 38.3 Å². The molecule has 0 radical (unpaired) electrons. The standard InChI is InChI=1S/C29H30FN7O3/c1-29(27(38)33-21-6-5-12-31-16-21)17-39-26(40-18-29)25-35-23(19-7-9-20(30)10-8-19)24(36-25)22-11-13-32-28(34-22)37-14-3-2-4-15-37/h5-13,16,26H,2-4,14-15,17-18H2,1H3,(H,33,38)(H,35,36). The molecule has 1 aromatic carbocycles. The van der Waals surface area contributed by atoms with Gasteiger partial charge in [-0.3, -0.25) is 9.78 Å². The number of piperidine rings is 1. The van der Waals surface area contributed by atoms with Crippen LogP contribution in [-0.4, -0.2) is 57.1 Å². The van der Waals surface area contributed by atoms with Crippen molar-refractivity contribution >= 4 is 17.5 Å². The molecule has 2 N–H and O–H groups in total. The van der Waals surface area contributed by atoms with Crippen LogP contribution in [0.3, 0.4) is 0 Å². The van der Waals surface area contributed by atoms with Crippen LogP contribution < -0.4 is 10.2 Å². The van der Waals surface area contributed by atoms with Gasteiger partial charge < -0.3 is 24.7 Å². The maximum atomic E-state index is 13.7. The molecular weight excluding hydrogens is 513 g/mol. The molecule has 0 aliphatic carbocycles. The van der Waals surface area contributed by atoms with Gasteiger partial charge in [0.15, 0.2) is 5.82 Å². The second-order valence-corrected chi connectivity index (χ2v) is 10.4. The van der Waals surface area contributed by atoms with E-state index in [9.17, 15) is 9.18 Å². The summed E-state index contributed by atoms with van der Waals surface area (Å²) in [6.45, 7) is 3.87. The molecule has 2 saturated heterocycles. The quantitative estimate of drug-likeness (QED) is 0.358. The van der Waals surface area contributed by atoms with E-state index in [1.54, 1.807) is 49.8 Å². The third-order valence-corrected chi connectivity index (χ3v) is 7.18. The zero-order valence-electron chi connectivity index (χ0n) is 22.1. The van der Waals surface area contributed by atoms with Gasteiger partial charge in [0.1, 0.15) is 5.82 Å². The topological polar surface area (TPSA) is 118 Å². The van der Waals surface area contributed by atoms with Crippen LogP contribution in [0.25, 0.3) is 22.6 Å². The molecule has 206 valence electrons. The fourth-order valence-corrected chi connectivity index (χ4v) is 4.86. The van der Waals surface area contributed by atoms with E-state index in [0.717, 1.165) is 25.9 Å². The number of aromatic amines is 1. The summed E-state index contributed by atoms with van der Waals surface area (Å²) >= 11 is 0. The van der Waals surface area contributed by atoms with Crippen molar-refractivity contribution in [3.63, 3.8) is 0 Å². The first-order chi connectivity index (χ1) is 19.5. The number of hydrogen-bond donors (Lipinski definition) is 2. The number of imidazole rings is 1. The van der Waals surface area contributed by atoms with E-state index in [1.165, 1.54) is 18.6 Å². The molecule has 0 bridgehead atoms. The molecule has 0 atom stereocenters. The van der Waals surface area contributed by atoms with Gasteiger partial charge in [0.2, 0.25) is 18.1 Å². The lowest BCUT2D eigenvalue weighted by Gasteiger charge is -2.35. The Kier molecular flexibility index (Phi) is 7.23. The van der Waals surface area contributed by atoms with Gasteiger partial charge in [-0.05, 0) is 68.7 Å². The third kappa shape index (κ3) is 5.43. The van der Waals surface area contributed by atoms with Crippen LogP contribution in [0.4, 0.5) is 16.0 Å². The number of amides is 1. The molecule has 40 heavy (non-hydrogen) atoms. The van der Waals surface area contributed by atoms with Crippen LogP contribution in [0, 0.1) is 11.2 Å². The molecule has 0 spiro atoms. The van der Waals surface area contributed by atoms with Gasteiger partial charge >= 0.3 is 0 Å². The summed E-state index contributed by atoms with van der Waals surface area (Å²) in [5, 5.41) is 2.87. The van der Waals surface area contributed by atoms with Crippen molar-refractivity contribution in [3.05, 3.63) is 72.7 Å². The summed E-state index contributed by atoms with van der Waals surface area (Å²) in [6, 6.07) is 11.5. The molecule has 2 fully saturated rings. The van der Waals surface area contributed by atoms with Gasteiger partial charge in [0.25, 0.3) is 0 Å². The first-order valence-corrected chi connectivity index (χ1v) is 13.4. The van der Waals surface area contributed by atoms with E-state index < -0.39 is 11.7 Å². The van der Waals surface area contributed by atoms with Crippen LogP contribution in [0.5, 0.6) is 0 Å². The highest BCUT2D eigenvalue weighted by Gasteiger charge is 2.41. The van der Waals surface area contributed by atoms with Crippen molar-refractivity contribution in [2.75, 3.05) is 36.5 Å². The second-order valence-electron chi connectivity index (χ2n) is 10.4. The highest BCUT2D eigenvalue weighted by atomic mass is 19.1. The number of anilines is 2. The van der Waals surface area contributed by atoms with Crippen LogP contribution in [0.15, 0.2) is 61.1 Å². The first-order valence-electron chi connectivity index (χ1n) is 13.4. The van der Waals surface area contributed by atoms with Crippen LogP contribution >= 0.6 is 0 Å². The molecule has 2 aliphatic rings. The molecule has 6 rings (SSSR count). The van der Waals surface area contributed by atoms with E-state index in [1.807, 2.05) is 6.07 Å². The molecule has 1 amide bonds. The number of halogens is 1. The normalized spacial score (nSPS) is 21.2. The van der Waals surface area contributed by atoms with Gasteiger partial charge in [-0.2, -0.15) is 0 Å². The molecule has 10 nitrogen and oxygen atoms in total. The Balaban J connectivity index is 1.26. The number of aromatic nitrogens is 5. The lowest BCUT2D eigenvalue weighted by Crippen LogP contribution is -2.45. The number of nitrogens with zero attached hydrogens (tertiary/aromatic N) is 5. The largest absolute Gasteiger partial charge is 0.345 e. The summed E-state index contributed by atoms with van der Waals surface area (Å²) < 4.78 is 25.8. The van der Waals surface area contributed by atoms with Gasteiger partial charge in [-0.25, -0.2) is 19.3 Å². The van der Waals surface area contributed by atoms with Crippen molar-refractivity contribution in [2.45, 2.75) is 32.5 Å². The zero-order valence-corrected chi connectivity index (χ0v) is 22.1. The maximum Gasteiger partial charge on any atom is 0.235 e. The van der Waals surface area contributed by atoms with Gasteiger partial charge in [0, 0.05) is 31.0 Å². The monoisotopic (exact) mass is 543 g/mol. The number of ether oxygens (including phenoxy) is 2. The smallest absolute Gasteiger partial charge is 0.235 e. The van der Waals surface area contributed by atoms with E-state index in [0.29, 0.717) is 40.1 Å². The van der Waals surface area contributed by atoms with Crippen molar-refractivity contribution in [1.82, 2.24) is 24.9 Å². The molecule has 3 aromatic heterocycles. The van der Waals surface area contributed by atoms with Crippen LogP contribution in [0.2, 0.25) is 0 Å². The molecule has 4 aromatic rings. The van der Waals surface area contributed by atoms with E-state index in [-0.39, 0.29) is 24.9 Å². The lowest BCUT2D eigenvalue weighted by molar-refractivity contribution is -0.229. The minimum atomic E-state index is -0.905. The number of hydrogen-bond acceptors (Lipinski definition) is 8. The minimum absolute atomic E-state index is 0.123. The fourth-order valence-electron chi connectivity index (χ4n) is 4.86. The Morgan fingerprint density at radius 2 is 1.82 bits per heavy atom. The molecular formula is C29H30FN7O3. The number of carbonyl (C=O) groups is 1. The maximum absolute atomic E-state index is 13.7. The number of nitrogens with one attached hydrogen (secondary N) is 2. The van der Waals surface area contributed by atoms with Crippen molar-refractivity contribution in [2.24, 2.45) is 5.41 Å². The molecule has 5 heterocycles. The minimum Gasteiger partial charge on any atom is -0.345 e. The number of H-pyrrole nitrogens is 1. The SMILES string of the molecule is CC1(C(=O)Nc2cccnc2)COC(c2nc(-c3ccc(F)cc3)c(-c3ccnc(N4CCCCC4)n3)[nH]2)OC1. The molecule has 2 aliphatic heterocycles. The fraction of sp³-hybridized carbons (Fsp3) is 0.345. The summed E-state index contributed by atoms with van der Waals surface area (Å²) in [4.78, 5) is 36.7. The zero-order chi connectivity index (χ0) is 27.5. The average Bonchev–Trinajstić information content (AvgIpc) is 3.44. The summed E-state index contributed by atoms with van der Waals surface area (Å²) in [7, 11) is 0. The number of benzene rings is 1. The van der Waals surface area contributed by atoms with E-state index >= 15 is 0 Å². The predicted molar refractivity (Wildman–Crippen MR) is 147 cm³/mol. The van der Waals surface area contributed by atoms with Crippen molar-refractivity contribution in [1.29, 1.82) is 0 Å². The molecule has 0 saturated carbocycles. The lowest BCUT2D eigenvalue weighted by atomic mass is 9.91. The Morgan fingerprint density at radius 3 is 2.55 bits per heavy atom. The van der Waals surface area contributed by atoms with Gasteiger partial charge in [-0.1, -0.05) is 0 Å². The van der Waals surface area contributed by atoms with Gasteiger partial charge in [0.05, 0.1) is 47.6 Å².